The fourth-order valence-corrected chi connectivity index (χ4v) is 0.0572. The lowest BCUT2D eigenvalue weighted by Crippen LogP contribution is -2.40. The summed E-state index contributed by atoms with van der Waals surface area (Å²) in [6.07, 6.45) is 0. The number of carboxylic acid groups (broad SMARTS) is 2. The molecule has 0 aromatic heterocycles. The van der Waals surface area contributed by atoms with E-state index in [-0.39, 0.29) is 0 Å². The molecule has 0 bridgehead atoms. The quantitative estimate of drug-likeness (QED) is 0.326. The number of halogens is 1. The smallest absolute Gasteiger partial charge is 0.371 e. The van der Waals surface area contributed by atoms with Gasteiger partial charge >= 0.3 is 11.9 Å². The monoisotopic (exact) mass is 212 g/mol. The number of hydrogen-bond acceptors (Lipinski definition) is 5. The predicted octanol–water partition coefficient (Wildman–Crippen LogP) is -1.62. The van der Waals surface area contributed by atoms with E-state index in [9.17, 15) is 18.8 Å². The lowest BCUT2D eigenvalue weighted by Gasteiger charge is -2.09. The molecule has 0 rings (SSSR count). The first-order chi connectivity index (χ1) is 6.15. The highest BCUT2D eigenvalue weighted by Crippen LogP contribution is 1.97. The molecule has 8 heteroatoms. The van der Waals surface area contributed by atoms with Crippen LogP contribution >= 0.6 is 0 Å². The standard InChI is InChI=1S/C3H5FO4.C3H4O3/c4-1-3(7,8)2(5)6;1-2(4)3(5)6/h7-8H,1H2,(H,5,6);1H3,(H,5,6). The molecule has 0 atom stereocenters. The molecule has 82 valence electrons. The summed E-state index contributed by atoms with van der Waals surface area (Å²) >= 11 is 0. The number of Topliss-reactive ketones (excluding diaryl/α,β-unsaturated/α-hetero) is 1. The lowest BCUT2D eigenvalue weighted by molar-refractivity contribution is -0.207. The average molecular weight is 212 g/mol. The van der Waals surface area contributed by atoms with Crippen molar-refractivity contribution in [2.75, 3.05) is 6.67 Å². The van der Waals surface area contributed by atoms with Crippen LogP contribution in [0.2, 0.25) is 0 Å². The van der Waals surface area contributed by atoms with Crippen LogP contribution in [0.5, 0.6) is 0 Å². The number of hydrogen-bond donors (Lipinski definition) is 4. The molecular formula is C6H9FO7. The van der Waals surface area contributed by atoms with E-state index in [1.54, 1.807) is 0 Å². The summed E-state index contributed by atoms with van der Waals surface area (Å²) in [4.78, 5) is 28.4. The third-order valence-corrected chi connectivity index (χ3v) is 0.830. The Bertz CT molecular complexity index is 222. The fraction of sp³-hybridized carbons (Fsp3) is 0.500. The van der Waals surface area contributed by atoms with Gasteiger partial charge < -0.3 is 20.4 Å². The zero-order valence-electron chi connectivity index (χ0n) is 7.10. The van der Waals surface area contributed by atoms with Gasteiger partial charge in [-0.25, -0.2) is 14.0 Å². The van der Waals surface area contributed by atoms with Gasteiger partial charge in [-0.15, -0.1) is 0 Å². The van der Waals surface area contributed by atoms with Crippen LogP contribution in [0.3, 0.4) is 0 Å². The number of carbonyl (C=O) groups is 3. The van der Waals surface area contributed by atoms with Gasteiger partial charge in [-0.3, -0.25) is 4.79 Å². The number of aliphatic carboxylic acids is 2. The largest absolute Gasteiger partial charge is 0.477 e. The Kier molecular flexibility index (Phi) is 6.41. The van der Waals surface area contributed by atoms with Crippen molar-refractivity contribution < 1.29 is 39.2 Å². The Labute approximate surface area is 77.4 Å². The van der Waals surface area contributed by atoms with Gasteiger partial charge in [0.05, 0.1) is 0 Å². The molecule has 0 aromatic carbocycles. The van der Waals surface area contributed by atoms with E-state index in [1.165, 1.54) is 0 Å². The molecule has 0 aliphatic rings. The van der Waals surface area contributed by atoms with Crippen LogP contribution < -0.4 is 0 Å². The summed E-state index contributed by atoms with van der Waals surface area (Å²) in [5.41, 5.74) is 0. The fourth-order valence-electron chi connectivity index (χ4n) is 0.0572. The molecule has 0 amide bonds. The Morgan fingerprint density at radius 2 is 1.50 bits per heavy atom. The van der Waals surface area contributed by atoms with Crippen molar-refractivity contribution in [3.8, 4) is 0 Å². The Morgan fingerprint density at radius 1 is 1.21 bits per heavy atom. The lowest BCUT2D eigenvalue weighted by atomic mass is 10.3. The van der Waals surface area contributed by atoms with Crippen LogP contribution in [-0.4, -0.2) is 50.6 Å². The molecule has 0 saturated carbocycles. The second-order valence-electron chi connectivity index (χ2n) is 2.12. The summed E-state index contributed by atoms with van der Waals surface area (Å²) < 4.78 is 11.1. The summed E-state index contributed by atoms with van der Waals surface area (Å²) in [7, 11) is 0. The molecule has 7 nitrogen and oxygen atoms in total. The van der Waals surface area contributed by atoms with E-state index in [0.717, 1.165) is 6.92 Å². The molecule has 0 aliphatic carbocycles. The molecule has 4 N–H and O–H groups in total. The number of carbonyl (C=O) groups excluding carboxylic acids is 1. The third kappa shape index (κ3) is 7.13. The molecule has 0 radical (unpaired) electrons. The van der Waals surface area contributed by atoms with Crippen molar-refractivity contribution in [2.45, 2.75) is 12.7 Å². The SMILES string of the molecule is CC(=O)C(=O)O.O=C(O)C(O)(O)CF. The Hall–Kier alpha value is -1.54. The van der Waals surface area contributed by atoms with Crippen LogP contribution in [0.25, 0.3) is 0 Å². The van der Waals surface area contributed by atoms with E-state index >= 15 is 0 Å². The van der Waals surface area contributed by atoms with Gasteiger partial charge in [0.1, 0.15) is 0 Å². The average Bonchev–Trinajstić information content (AvgIpc) is 2.05. The summed E-state index contributed by atoms with van der Waals surface area (Å²) in [6.45, 7) is -0.704. The second-order valence-corrected chi connectivity index (χ2v) is 2.12. The molecule has 0 fully saturated rings. The molecular weight excluding hydrogens is 203 g/mol. The van der Waals surface area contributed by atoms with Crippen molar-refractivity contribution in [3.05, 3.63) is 0 Å². The van der Waals surface area contributed by atoms with E-state index in [0.29, 0.717) is 0 Å². The highest BCUT2D eigenvalue weighted by molar-refractivity contribution is 6.31. The summed E-state index contributed by atoms with van der Waals surface area (Å²) in [5, 5.41) is 31.3. The number of carboxylic acids is 2. The van der Waals surface area contributed by atoms with Crippen molar-refractivity contribution >= 4 is 17.7 Å². The number of aliphatic hydroxyl groups is 2. The maximum absolute atomic E-state index is 11.1. The minimum atomic E-state index is -3.21. The minimum absolute atomic E-state index is 0.824. The third-order valence-electron chi connectivity index (χ3n) is 0.830. The zero-order valence-corrected chi connectivity index (χ0v) is 7.10. The van der Waals surface area contributed by atoms with Crippen LogP contribution in [-0.2, 0) is 14.4 Å². The maximum atomic E-state index is 11.1. The van der Waals surface area contributed by atoms with Crippen molar-refractivity contribution in [1.82, 2.24) is 0 Å². The van der Waals surface area contributed by atoms with Crippen LogP contribution in [0.1, 0.15) is 6.92 Å². The Morgan fingerprint density at radius 3 is 1.50 bits per heavy atom. The van der Waals surface area contributed by atoms with Crippen LogP contribution in [0.15, 0.2) is 0 Å². The normalized spacial score (nSPS) is 9.71. The van der Waals surface area contributed by atoms with E-state index < -0.39 is 30.2 Å². The Balaban J connectivity index is 0. The van der Waals surface area contributed by atoms with Crippen LogP contribution in [0.4, 0.5) is 4.39 Å². The van der Waals surface area contributed by atoms with Gasteiger partial charge in [-0.1, -0.05) is 0 Å². The molecule has 0 spiro atoms. The first kappa shape index (κ1) is 15.0. The van der Waals surface area contributed by atoms with Crippen molar-refractivity contribution in [3.63, 3.8) is 0 Å². The molecule has 0 aromatic rings. The molecule has 0 heterocycles. The predicted molar refractivity (Wildman–Crippen MR) is 39.1 cm³/mol. The van der Waals surface area contributed by atoms with E-state index in [2.05, 4.69) is 0 Å². The first-order valence-corrected chi connectivity index (χ1v) is 3.13. The highest BCUT2D eigenvalue weighted by Gasteiger charge is 2.32. The van der Waals surface area contributed by atoms with Gasteiger partial charge in [0, 0.05) is 6.92 Å². The van der Waals surface area contributed by atoms with Crippen molar-refractivity contribution in [2.24, 2.45) is 0 Å². The molecule has 0 saturated heterocycles. The van der Waals surface area contributed by atoms with Crippen molar-refractivity contribution in [1.29, 1.82) is 0 Å². The van der Waals surface area contributed by atoms with Gasteiger partial charge in [0.2, 0.25) is 5.78 Å². The number of ketones is 1. The minimum Gasteiger partial charge on any atom is -0.477 e. The topological polar surface area (TPSA) is 132 Å². The molecule has 0 unspecified atom stereocenters. The summed E-state index contributed by atoms with van der Waals surface area (Å²) in [6, 6.07) is 0. The summed E-state index contributed by atoms with van der Waals surface area (Å²) in [5.74, 6) is -7.40. The maximum Gasteiger partial charge on any atom is 0.371 e. The first-order valence-electron chi connectivity index (χ1n) is 3.13. The van der Waals surface area contributed by atoms with Gasteiger partial charge in [0.25, 0.3) is 5.79 Å². The van der Waals surface area contributed by atoms with Gasteiger partial charge in [-0.05, 0) is 0 Å². The number of alkyl halides is 1. The van der Waals surface area contributed by atoms with E-state index in [1.807, 2.05) is 0 Å². The second kappa shape index (κ2) is 6.00. The van der Waals surface area contributed by atoms with Crippen LogP contribution in [0, 0.1) is 0 Å². The van der Waals surface area contributed by atoms with E-state index in [4.69, 9.17) is 20.4 Å². The number of rotatable bonds is 3. The zero-order chi connectivity index (χ0) is 11.9. The van der Waals surface area contributed by atoms with Gasteiger partial charge in [0.15, 0.2) is 6.67 Å². The molecule has 14 heavy (non-hydrogen) atoms. The molecule has 0 aliphatic heterocycles. The highest BCUT2D eigenvalue weighted by atomic mass is 19.1. The van der Waals surface area contributed by atoms with Gasteiger partial charge in [-0.2, -0.15) is 0 Å².